The van der Waals surface area contributed by atoms with Crippen LogP contribution in [0.15, 0.2) is 54.9 Å². The van der Waals surface area contributed by atoms with Crippen molar-refractivity contribution in [1.82, 2.24) is 20.3 Å². The number of ether oxygens (including phenoxy) is 1. The van der Waals surface area contributed by atoms with E-state index in [9.17, 15) is 8.78 Å². The highest BCUT2D eigenvalue weighted by atomic mass is 19.2. The van der Waals surface area contributed by atoms with Gasteiger partial charge in [0.1, 0.15) is 17.1 Å². The number of hydrogen-bond acceptors (Lipinski definition) is 6. The molecule has 6 nitrogen and oxygen atoms in total. The molecule has 4 rings (SSSR count). The Kier molecular flexibility index (Phi) is 6.51. The Balaban J connectivity index is 1.88. The van der Waals surface area contributed by atoms with E-state index in [4.69, 9.17) is 14.7 Å². The lowest BCUT2D eigenvalue weighted by atomic mass is 10.0. The molecule has 0 fully saturated rings. The fourth-order valence-corrected chi connectivity index (χ4v) is 3.43. The van der Waals surface area contributed by atoms with Gasteiger partial charge in [-0.05, 0) is 67.5 Å². The lowest BCUT2D eigenvalue weighted by Gasteiger charge is -2.15. The van der Waals surface area contributed by atoms with Gasteiger partial charge in [-0.15, -0.1) is 0 Å². The smallest absolute Gasteiger partial charge is 0.163 e. The summed E-state index contributed by atoms with van der Waals surface area (Å²) in [5.41, 5.74) is 2.59. The second kappa shape index (κ2) is 9.65. The van der Waals surface area contributed by atoms with Crippen molar-refractivity contribution in [2.75, 3.05) is 32.6 Å². The van der Waals surface area contributed by atoms with Crippen LogP contribution < -0.4 is 15.4 Å². The summed E-state index contributed by atoms with van der Waals surface area (Å²) in [6.07, 6.45) is 4.29. The van der Waals surface area contributed by atoms with Gasteiger partial charge in [0.15, 0.2) is 17.5 Å². The monoisotopic (exact) mass is 435 g/mol. The van der Waals surface area contributed by atoms with Crippen LogP contribution in [0.1, 0.15) is 6.42 Å². The first kappa shape index (κ1) is 21.6. The molecule has 2 aromatic carbocycles. The van der Waals surface area contributed by atoms with Gasteiger partial charge >= 0.3 is 0 Å². The van der Waals surface area contributed by atoms with Crippen LogP contribution in [-0.2, 0) is 0 Å². The number of pyridine rings is 1. The van der Waals surface area contributed by atoms with E-state index in [1.807, 2.05) is 25.2 Å². The number of aromatic nitrogens is 3. The number of benzene rings is 2. The van der Waals surface area contributed by atoms with Gasteiger partial charge in [-0.2, -0.15) is 0 Å². The molecule has 2 N–H and O–H groups in total. The maximum absolute atomic E-state index is 13.9. The minimum Gasteiger partial charge on any atom is -0.494 e. The van der Waals surface area contributed by atoms with Crippen LogP contribution in [0.2, 0.25) is 0 Å². The molecule has 164 valence electrons. The quantitative estimate of drug-likeness (QED) is 0.392. The molecule has 0 atom stereocenters. The highest BCUT2D eigenvalue weighted by molar-refractivity contribution is 5.97. The highest BCUT2D eigenvalue weighted by Gasteiger charge is 2.16. The Morgan fingerprint density at radius 1 is 0.938 bits per heavy atom. The van der Waals surface area contributed by atoms with Crippen molar-refractivity contribution in [1.29, 1.82) is 0 Å². The van der Waals surface area contributed by atoms with Gasteiger partial charge in [0.2, 0.25) is 0 Å². The summed E-state index contributed by atoms with van der Waals surface area (Å²) in [5, 5.41) is 7.23. The summed E-state index contributed by atoms with van der Waals surface area (Å²) in [6, 6.07) is 11.1. The van der Waals surface area contributed by atoms with Crippen LogP contribution in [0.4, 0.5) is 14.6 Å². The summed E-state index contributed by atoms with van der Waals surface area (Å²) in [4.78, 5) is 13.6. The number of methoxy groups -OCH3 is 1. The van der Waals surface area contributed by atoms with Crippen LogP contribution >= 0.6 is 0 Å². The van der Waals surface area contributed by atoms with Crippen LogP contribution in [-0.4, -0.2) is 42.2 Å². The number of hydrogen-bond donors (Lipinski definition) is 2. The number of fused-ring (bicyclic) bond motifs is 1. The SMILES string of the molecule is CNCCCNc1nc(-c2cccnc2)nc2c(OC)cc(-c3ccc(F)c(F)c3)cc12. The molecule has 0 spiro atoms. The van der Waals surface area contributed by atoms with E-state index in [0.717, 1.165) is 30.0 Å². The van der Waals surface area contributed by atoms with Gasteiger partial charge in [0, 0.05) is 29.9 Å². The fraction of sp³-hybridized carbons (Fsp3) is 0.208. The molecule has 0 saturated carbocycles. The Morgan fingerprint density at radius 3 is 2.53 bits per heavy atom. The Morgan fingerprint density at radius 2 is 1.81 bits per heavy atom. The summed E-state index contributed by atoms with van der Waals surface area (Å²) in [7, 11) is 3.45. The van der Waals surface area contributed by atoms with Gasteiger partial charge in [-0.3, -0.25) is 4.98 Å². The molecule has 32 heavy (non-hydrogen) atoms. The molecular formula is C24H23F2N5O. The fourth-order valence-electron chi connectivity index (χ4n) is 3.43. The van der Waals surface area contributed by atoms with E-state index >= 15 is 0 Å². The second-order valence-electron chi connectivity index (χ2n) is 7.22. The van der Waals surface area contributed by atoms with E-state index in [1.54, 1.807) is 25.6 Å². The average Bonchev–Trinajstić information content (AvgIpc) is 2.83. The van der Waals surface area contributed by atoms with Crippen molar-refractivity contribution in [3.05, 3.63) is 66.5 Å². The van der Waals surface area contributed by atoms with E-state index < -0.39 is 11.6 Å². The first-order valence-electron chi connectivity index (χ1n) is 10.2. The van der Waals surface area contributed by atoms with Crippen molar-refractivity contribution in [3.63, 3.8) is 0 Å². The first-order valence-corrected chi connectivity index (χ1v) is 10.2. The highest BCUT2D eigenvalue weighted by Crippen LogP contribution is 2.36. The molecule has 0 saturated heterocycles. The number of rotatable bonds is 8. The largest absolute Gasteiger partial charge is 0.494 e. The van der Waals surface area contributed by atoms with Crippen molar-refractivity contribution < 1.29 is 13.5 Å². The molecule has 2 heterocycles. The molecule has 0 aliphatic rings. The van der Waals surface area contributed by atoms with Crippen LogP contribution in [0.3, 0.4) is 0 Å². The average molecular weight is 435 g/mol. The van der Waals surface area contributed by atoms with Crippen LogP contribution in [0.25, 0.3) is 33.4 Å². The zero-order valence-electron chi connectivity index (χ0n) is 17.8. The zero-order valence-corrected chi connectivity index (χ0v) is 17.8. The molecule has 0 unspecified atom stereocenters. The number of nitrogens with one attached hydrogen (secondary N) is 2. The molecule has 0 radical (unpaired) electrons. The van der Waals surface area contributed by atoms with E-state index in [1.165, 1.54) is 12.1 Å². The zero-order chi connectivity index (χ0) is 22.5. The summed E-state index contributed by atoms with van der Waals surface area (Å²) >= 11 is 0. The normalized spacial score (nSPS) is 11.0. The minimum atomic E-state index is -0.907. The number of nitrogens with zero attached hydrogens (tertiary/aromatic N) is 3. The third-order valence-electron chi connectivity index (χ3n) is 5.05. The van der Waals surface area contributed by atoms with Gasteiger partial charge in [-0.1, -0.05) is 6.07 Å². The summed E-state index contributed by atoms with van der Waals surface area (Å²) in [5.74, 6) is -0.144. The Labute approximate surface area is 184 Å². The molecule has 0 amide bonds. The predicted molar refractivity (Wildman–Crippen MR) is 122 cm³/mol. The summed E-state index contributed by atoms with van der Waals surface area (Å²) in [6.45, 7) is 1.55. The van der Waals surface area contributed by atoms with E-state index in [2.05, 4.69) is 15.6 Å². The van der Waals surface area contributed by atoms with E-state index in [-0.39, 0.29) is 0 Å². The molecule has 0 aliphatic carbocycles. The van der Waals surface area contributed by atoms with Crippen molar-refractivity contribution in [3.8, 4) is 28.3 Å². The molecule has 8 heteroatoms. The molecular weight excluding hydrogens is 412 g/mol. The van der Waals surface area contributed by atoms with Gasteiger partial charge in [-0.25, -0.2) is 18.7 Å². The van der Waals surface area contributed by atoms with Gasteiger partial charge < -0.3 is 15.4 Å². The number of halogens is 2. The Bertz CT molecular complexity index is 1230. The topological polar surface area (TPSA) is 72.0 Å². The third kappa shape index (κ3) is 4.50. The van der Waals surface area contributed by atoms with Gasteiger partial charge in [0.05, 0.1) is 7.11 Å². The van der Waals surface area contributed by atoms with Crippen LogP contribution in [0, 0.1) is 11.6 Å². The number of anilines is 1. The van der Waals surface area contributed by atoms with Crippen LogP contribution in [0.5, 0.6) is 5.75 Å². The summed E-state index contributed by atoms with van der Waals surface area (Å²) < 4.78 is 32.9. The van der Waals surface area contributed by atoms with Crippen molar-refractivity contribution >= 4 is 16.7 Å². The Hall–Kier alpha value is -3.65. The molecule has 0 aliphatic heterocycles. The molecule has 0 bridgehead atoms. The van der Waals surface area contributed by atoms with Crippen molar-refractivity contribution in [2.24, 2.45) is 0 Å². The second-order valence-corrected chi connectivity index (χ2v) is 7.22. The third-order valence-corrected chi connectivity index (χ3v) is 5.05. The minimum absolute atomic E-state index is 0.507. The molecule has 2 aromatic heterocycles. The maximum atomic E-state index is 13.9. The lowest BCUT2D eigenvalue weighted by Crippen LogP contribution is -2.14. The maximum Gasteiger partial charge on any atom is 0.163 e. The predicted octanol–water partition coefficient (Wildman–Crippen LogP) is 4.67. The first-order chi connectivity index (χ1) is 15.6. The van der Waals surface area contributed by atoms with Crippen molar-refractivity contribution in [2.45, 2.75) is 6.42 Å². The van der Waals surface area contributed by atoms with E-state index in [0.29, 0.717) is 40.6 Å². The lowest BCUT2D eigenvalue weighted by molar-refractivity contribution is 0.419. The molecule has 4 aromatic rings. The standard InChI is InChI=1S/C24H23F2N5O/c1-27-8-4-10-29-24-18-11-17(15-6-7-19(25)20(26)12-15)13-21(32-2)22(18)30-23(31-24)16-5-3-9-28-14-16/h3,5-7,9,11-14,27H,4,8,10H2,1-2H3,(H,29,30,31). The van der Waals surface area contributed by atoms with Gasteiger partial charge in [0.25, 0.3) is 0 Å².